The van der Waals surface area contributed by atoms with Gasteiger partial charge in [-0.1, -0.05) is 90.1 Å². The van der Waals surface area contributed by atoms with Crippen LogP contribution in [0.1, 0.15) is 96.2 Å². The van der Waals surface area contributed by atoms with Crippen molar-refractivity contribution in [2.24, 2.45) is 0 Å². The molecule has 8 aromatic carbocycles. The number of aromatic nitrogens is 13. The first kappa shape index (κ1) is 87.9. The summed E-state index contributed by atoms with van der Waals surface area (Å²) < 4.78 is 139. The SMILES string of the molecule is COc1ccc2ncccc2c1-n1nc(C)cc1NS(=O)(=O)c1ccc(C(C)(C)C)cc1.Cc1cc(NS(=O)(=O)c2ccc(C(C)(C)C)cc2)n(-c2cccc3cnncc23)n1.Cc1cc(NS(=O)(=O)c2ccc(N3CCOCC3)cc2)n(-c2cccc3ncccc23)n1.Cc1cc(NS(=O)(=O)c2ccc(OC(C)(C)C)cc2)n(-c2cccc3ncccc23)n1. The minimum atomic E-state index is -3.83. The van der Waals surface area contributed by atoms with Crippen LogP contribution in [0.4, 0.5) is 29.0 Å². The molecule has 33 heteroatoms. The van der Waals surface area contributed by atoms with Gasteiger partial charge in [-0.25, -0.2) is 52.4 Å². The summed E-state index contributed by atoms with van der Waals surface area (Å²) in [5, 5.41) is 30.2. The predicted molar refractivity (Wildman–Crippen MR) is 489 cm³/mol. The zero-order valence-electron chi connectivity index (χ0n) is 71.5. The molecule has 0 unspecified atom stereocenters. The molecule has 0 amide bonds. The summed E-state index contributed by atoms with van der Waals surface area (Å²) in [7, 11) is -13.7. The van der Waals surface area contributed by atoms with Gasteiger partial charge >= 0.3 is 0 Å². The number of methoxy groups -OCH3 is 1. The van der Waals surface area contributed by atoms with Gasteiger partial charge in [0.2, 0.25) is 0 Å². The Morgan fingerprint density at radius 1 is 0.376 bits per heavy atom. The lowest BCUT2D eigenvalue weighted by Crippen LogP contribution is -2.36. The highest BCUT2D eigenvalue weighted by Crippen LogP contribution is 2.37. The Labute approximate surface area is 726 Å². The van der Waals surface area contributed by atoms with Crippen LogP contribution in [-0.2, 0) is 55.7 Å². The summed E-state index contributed by atoms with van der Waals surface area (Å²) in [5.41, 5.74) is 10.6. The number of nitrogens with one attached hydrogen (secondary N) is 4. The van der Waals surface area contributed by atoms with Crippen LogP contribution in [0, 0.1) is 27.7 Å². The number of sulfonamides is 4. The molecule has 29 nitrogen and oxygen atoms in total. The van der Waals surface area contributed by atoms with Crippen LogP contribution in [0.3, 0.4) is 0 Å². The number of fused-ring (bicyclic) bond motifs is 4. The molecule has 4 N–H and O–H groups in total. The van der Waals surface area contributed by atoms with E-state index >= 15 is 0 Å². The molecule has 17 rings (SSSR count). The quantitative estimate of drug-likeness (QED) is 0.0584. The molecule has 1 fully saturated rings. The summed E-state index contributed by atoms with van der Waals surface area (Å²) in [6, 6.07) is 65.9. The summed E-state index contributed by atoms with van der Waals surface area (Å²) in [4.78, 5) is 16.0. The topological polar surface area (TPSA) is 351 Å². The van der Waals surface area contributed by atoms with Gasteiger partial charge in [-0.2, -0.15) is 30.6 Å². The average Bonchev–Trinajstić information content (AvgIpc) is 1.71. The molecule has 0 spiro atoms. The minimum absolute atomic E-state index is 0.0529. The van der Waals surface area contributed by atoms with Crippen molar-refractivity contribution in [3.05, 3.63) is 289 Å². The number of benzene rings is 8. The van der Waals surface area contributed by atoms with Gasteiger partial charge in [0, 0.05) is 88.6 Å². The number of rotatable bonds is 19. The van der Waals surface area contributed by atoms with Gasteiger partial charge in [-0.15, -0.1) is 0 Å². The minimum Gasteiger partial charge on any atom is -0.494 e. The normalized spacial score (nSPS) is 12.8. The summed E-state index contributed by atoms with van der Waals surface area (Å²) >= 11 is 0. The summed E-state index contributed by atoms with van der Waals surface area (Å²) in [5.74, 6) is 2.56. The van der Waals surface area contributed by atoms with Crippen molar-refractivity contribution in [1.29, 1.82) is 0 Å². The van der Waals surface area contributed by atoms with Gasteiger partial charge in [-0.05, 0) is 222 Å². The molecule has 16 aromatic rings. The van der Waals surface area contributed by atoms with Crippen molar-refractivity contribution in [3.63, 3.8) is 0 Å². The van der Waals surface area contributed by atoms with Crippen LogP contribution < -0.4 is 33.3 Å². The number of hydrogen-bond donors (Lipinski definition) is 4. The first-order valence-electron chi connectivity index (χ1n) is 40.0. The van der Waals surface area contributed by atoms with Gasteiger partial charge in [0.15, 0.2) is 0 Å². The molecule has 644 valence electrons. The second-order valence-corrected chi connectivity index (χ2v) is 39.5. The number of nitrogens with zero attached hydrogens (tertiary/aromatic N) is 14. The Morgan fingerprint density at radius 2 is 0.736 bits per heavy atom. The van der Waals surface area contributed by atoms with E-state index in [2.05, 4.69) is 111 Å². The Bertz CT molecular complexity index is 7090. The molecule has 1 aliphatic heterocycles. The molecule has 0 radical (unpaired) electrons. The second kappa shape index (κ2) is 35.8. The first-order chi connectivity index (χ1) is 59.4. The standard InChI is InChI=1S/C24H26N4O3S.C23H23N5O3S.C23H24N4O3S.C22H23N5O2S/c1-16-15-22(27-32(29,30)18-10-8-17(9-11-18)24(2,3)4)28(26-16)23-19-7-6-14-25-20(19)12-13-21(23)31-5;1-17-16-23(28(25-17)22-6-2-5-21-20(22)4-3-11-24-21)26-32(29,30)19-9-7-18(8-10-19)27-12-14-31-15-13-27;1-16-15-22(27(25-16)21-9-5-8-20-19(21)7-6-14-24-20)26-31(28,29)18-12-10-17(11-13-18)30-23(2,3)4;1-15-12-21(26-30(28,29)18-10-8-17(9-11-18)22(2,3)4)27(25-15)20-7-5-6-16-13-23-24-14-19(16)20/h6-15,27H,1-5H3;2-11,16,26H,12-15H2,1H3;5-15,26H,1-4H3;5-14,26H,1-4H3. The maximum Gasteiger partial charge on any atom is 0.263 e. The number of ether oxygens (including phenoxy) is 3. The van der Waals surface area contributed by atoms with Crippen LogP contribution in [0.15, 0.2) is 275 Å². The number of aryl methyl sites for hydroxylation is 4. The third-order valence-corrected chi connectivity index (χ3v) is 25.6. The maximum atomic E-state index is 13.2. The van der Waals surface area contributed by atoms with Crippen LogP contribution in [-0.4, -0.2) is 137 Å². The molecule has 9 heterocycles. The number of morpholine rings is 1. The van der Waals surface area contributed by atoms with E-state index < -0.39 is 40.1 Å². The van der Waals surface area contributed by atoms with Crippen molar-refractivity contribution in [3.8, 4) is 34.2 Å². The van der Waals surface area contributed by atoms with Crippen LogP contribution in [0.2, 0.25) is 0 Å². The Hall–Kier alpha value is -13.5. The molecule has 0 atom stereocenters. The van der Waals surface area contributed by atoms with E-state index in [0.717, 1.165) is 90.4 Å². The van der Waals surface area contributed by atoms with E-state index in [9.17, 15) is 33.7 Å². The number of anilines is 5. The Morgan fingerprint density at radius 3 is 1.14 bits per heavy atom. The monoisotopic (exact) mass is 1760 g/mol. The molecular weight excluding hydrogens is 1660 g/mol. The fourth-order valence-corrected chi connectivity index (χ4v) is 18.1. The molecular formula is C92H96N18O11S4. The molecule has 0 bridgehead atoms. The molecule has 1 aliphatic rings. The second-order valence-electron chi connectivity index (χ2n) is 32.7. The van der Waals surface area contributed by atoms with Gasteiger partial charge in [0.1, 0.15) is 46.1 Å². The molecule has 125 heavy (non-hydrogen) atoms. The van der Waals surface area contributed by atoms with Crippen LogP contribution in [0.5, 0.6) is 11.5 Å². The molecule has 1 saturated heterocycles. The highest BCUT2D eigenvalue weighted by atomic mass is 32.2. The number of hydrogen-bond acceptors (Lipinski definition) is 21. The fourth-order valence-electron chi connectivity index (χ4n) is 14.0. The van der Waals surface area contributed by atoms with E-state index in [0.29, 0.717) is 76.4 Å². The summed E-state index contributed by atoms with van der Waals surface area (Å²) in [6.45, 7) is 28.5. The van der Waals surface area contributed by atoms with Crippen molar-refractivity contribution in [1.82, 2.24) is 64.3 Å². The Balaban J connectivity index is 0.000000135. The van der Waals surface area contributed by atoms with E-state index in [4.69, 9.17) is 14.2 Å². The Kier molecular flexibility index (Phi) is 25.1. The van der Waals surface area contributed by atoms with E-state index in [1.165, 1.54) is 12.1 Å². The van der Waals surface area contributed by atoms with Crippen LogP contribution in [0.25, 0.3) is 66.2 Å². The highest BCUT2D eigenvalue weighted by Gasteiger charge is 2.28. The lowest BCUT2D eigenvalue weighted by Gasteiger charge is -2.28. The maximum absolute atomic E-state index is 13.2. The number of pyridine rings is 3. The van der Waals surface area contributed by atoms with Gasteiger partial charge in [-0.3, -0.25) is 33.8 Å². The van der Waals surface area contributed by atoms with E-state index in [1.807, 2.05) is 182 Å². The zero-order chi connectivity index (χ0) is 89.0. The summed E-state index contributed by atoms with van der Waals surface area (Å²) in [6.07, 6.45) is 8.46. The lowest BCUT2D eigenvalue weighted by atomic mass is 9.87. The van der Waals surface area contributed by atoms with Crippen molar-refractivity contribution >= 4 is 113 Å². The first-order valence-corrected chi connectivity index (χ1v) is 45.9. The van der Waals surface area contributed by atoms with E-state index in [1.54, 1.807) is 136 Å². The van der Waals surface area contributed by atoms with Crippen LogP contribution >= 0.6 is 0 Å². The third kappa shape index (κ3) is 20.4. The molecule has 0 saturated carbocycles. The average molecular weight is 1760 g/mol. The van der Waals surface area contributed by atoms with Crippen molar-refractivity contribution in [2.75, 3.05) is 57.2 Å². The van der Waals surface area contributed by atoms with Crippen molar-refractivity contribution < 1.29 is 47.9 Å². The smallest absolute Gasteiger partial charge is 0.263 e. The van der Waals surface area contributed by atoms with Gasteiger partial charge < -0.3 is 19.1 Å². The zero-order valence-corrected chi connectivity index (χ0v) is 74.7. The third-order valence-electron chi connectivity index (χ3n) is 20.1. The highest BCUT2D eigenvalue weighted by molar-refractivity contribution is 7.93. The largest absolute Gasteiger partial charge is 0.494 e. The van der Waals surface area contributed by atoms with Gasteiger partial charge in [0.05, 0.1) is 109 Å². The lowest BCUT2D eigenvalue weighted by molar-refractivity contribution is 0.122. The van der Waals surface area contributed by atoms with E-state index in [-0.39, 0.29) is 36.0 Å². The molecule has 0 aliphatic carbocycles. The predicted octanol–water partition coefficient (Wildman–Crippen LogP) is 17.1. The van der Waals surface area contributed by atoms with Gasteiger partial charge in [0.25, 0.3) is 40.1 Å². The fraction of sp³-hybridized carbons (Fsp3) is 0.228. The molecule has 8 aromatic heterocycles. The van der Waals surface area contributed by atoms with Crippen molar-refractivity contribution in [2.45, 2.75) is 126 Å².